The van der Waals surface area contributed by atoms with E-state index < -0.39 is 0 Å². The molecule has 2 N–H and O–H groups in total. The Kier molecular flexibility index (Phi) is 5.10. The van der Waals surface area contributed by atoms with Crippen LogP contribution in [0.5, 0.6) is 0 Å². The van der Waals surface area contributed by atoms with Gasteiger partial charge in [0.25, 0.3) is 0 Å². The smallest absolute Gasteiger partial charge is 0.193 e. The van der Waals surface area contributed by atoms with Gasteiger partial charge in [-0.05, 0) is 53.7 Å². The number of nitrogens with one attached hydrogen (secondary N) is 2. The van der Waals surface area contributed by atoms with Crippen LogP contribution in [0.15, 0.2) is 91.0 Å². The monoisotopic (exact) mass is 391 g/mol. The van der Waals surface area contributed by atoms with Gasteiger partial charge in [-0.3, -0.25) is 10.4 Å². The molecule has 1 aliphatic heterocycles. The molecule has 4 rings (SSSR count). The second-order valence-electron chi connectivity index (χ2n) is 6.22. The second-order valence-corrected chi connectivity index (χ2v) is 7.04. The molecule has 27 heavy (non-hydrogen) atoms. The van der Waals surface area contributed by atoms with Crippen LogP contribution in [-0.4, -0.2) is 10.1 Å². The van der Waals surface area contributed by atoms with Crippen LogP contribution in [0, 0.1) is 0 Å². The maximum atomic E-state index is 6.07. The van der Waals surface area contributed by atoms with E-state index in [2.05, 4.69) is 29.0 Å². The summed E-state index contributed by atoms with van der Waals surface area (Å²) in [6.07, 6.45) is 2.18. The molecule has 0 fully saturated rings. The fourth-order valence-electron chi connectivity index (χ4n) is 3.04. The lowest BCUT2D eigenvalue weighted by molar-refractivity contribution is 0.348. The first kappa shape index (κ1) is 17.6. The predicted molar refractivity (Wildman–Crippen MR) is 116 cm³/mol. The molecule has 3 nitrogen and oxygen atoms in total. The molecular formula is C22H18ClN3S. The van der Waals surface area contributed by atoms with Gasteiger partial charge in [-0.1, -0.05) is 72.3 Å². The molecule has 134 valence electrons. The average Bonchev–Trinajstić information content (AvgIpc) is 3.16. The third-order valence-corrected chi connectivity index (χ3v) is 4.93. The minimum atomic E-state index is -0.0406. The highest BCUT2D eigenvalue weighted by molar-refractivity contribution is 7.80. The first-order valence-corrected chi connectivity index (χ1v) is 9.44. The molecular weight excluding hydrogens is 374 g/mol. The number of thiocarbonyl (C=S) groups is 1. The van der Waals surface area contributed by atoms with Gasteiger partial charge in [0, 0.05) is 10.7 Å². The van der Waals surface area contributed by atoms with Gasteiger partial charge in [-0.15, -0.1) is 0 Å². The first-order valence-electron chi connectivity index (χ1n) is 8.65. The lowest BCUT2D eigenvalue weighted by atomic mass is 10.0. The van der Waals surface area contributed by atoms with Gasteiger partial charge in [0.15, 0.2) is 5.11 Å². The number of hydrogen-bond donors (Lipinski definition) is 2. The Morgan fingerprint density at radius 3 is 2.19 bits per heavy atom. The van der Waals surface area contributed by atoms with Gasteiger partial charge in [-0.25, -0.2) is 0 Å². The number of hydrazine groups is 1. The zero-order chi connectivity index (χ0) is 18.6. The van der Waals surface area contributed by atoms with Crippen molar-refractivity contribution in [3.05, 3.63) is 107 Å². The van der Waals surface area contributed by atoms with E-state index in [4.69, 9.17) is 23.8 Å². The maximum absolute atomic E-state index is 6.07. The Labute approximate surface area is 169 Å². The summed E-state index contributed by atoms with van der Waals surface area (Å²) in [5.41, 5.74) is 7.64. The lowest BCUT2D eigenvalue weighted by Gasteiger charge is -2.28. The fourth-order valence-corrected chi connectivity index (χ4v) is 3.44. The summed E-state index contributed by atoms with van der Waals surface area (Å²) in [6, 6.07) is 27.9. The number of hydrogen-bond acceptors (Lipinski definition) is 2. The van der Waals surface area contributed by atoms with E-state index in [1.807, 2.05) is 77.8 Å². The summed E-state index contributed by atoms with van der Waals surface area (Å²) in [4.78, 5) is 0. The molecule has 0 saturated heterocycles. The van der Waals surface area contributed by atoms with Gasteiger partial charge >= 0.3 is 0 Å². The van der Waals surface area contributed by atoms with Crippen molar-refractivity contribution in [2.75, 3.05) is 5.32 Å². The summed E-state index contributed by atoms with van der Waals surface area (Å²) in [7, 11) is 0. The lowest BCUT2D eigenvalue weighted by Crippen LogP contribution is -2.42. The predicted octanol–water partition coefficient (Wildman–Crippen LogP) is 5.64. The van der Waals surface area contributed by atoms with Crippen LogP contribution in [0.2, 0.25) is 5.02 Å². The van der Waals surface area contributed by atoms with E-state index in [9.17, 15) is 0 Å². The molecule has 1 atom stereocenters. The SMILES string of the molecule is S=C(Nc1ccccc1)N1NC(c2ccccc2)=C[C@@H]1c1ccc(Cl)cc1. The summed E-state index contributed by atoms with van der Waals surface area (Å²) in [6.45, 7) is 0. The van der Waals surface area contributed by atoms with Crippen molar-refractivity contribution in [1.29, 1.82) is 0 Å². The summed E-state index contributed by atoms with van der Waals surface area (Å²) in [5, 5.41) is 6.59. The van der Waals surface area contributed by atoms with Crippen LogP contribution in [-0.2, 0) is 0 Å². The van der Waals surface area contributed by atoms with Gasteiger partial charge in [0.2, 0.25) is 0 Å². The molecule has 0 saturated carbocycles. The van der Waals surface area contributed by atoms with Gasteiger partial charge in [0.05, 0.1) is 11.7 Å². The highest BCUT2D eigenvalue weighted by Gasteiger charge is 2.28. The number of nitrogens with zero attached hydrogens (tertiary/aromatic N) is 1. The fraction of sp³-hybridized carbons (Fsp3) is 0.0455. The third kappa shape index (κ3) is 3.97. The van der Waals surface area contributed by atoms with Crippen molar-refractivity contribution in [2.45, 2.75) is 6.04 Å². The first-order chi connectivity index (χ1) is 13.2. The van der Waals surface area contributed by atoms with Crippen LogP contribution in [0.3, 0.4) is 0 Å². The Bertz CT molecular complexity index is 956. The Hall–Kier alpha value is -2.82. The zero-order valence-corrected chi connectivity index (χ0v) is 16.0. The van der Waals surface area contributed by atoms with Crippen molar-refractivity contribution in [2.24, 2.45) is 0 Å². The van der Waals surface area contributed by atoms with Crippen molar-refractivity contribution < 1.29 is 0 Å². The second kappa shape index (κ2) is 7.82. The molecule has 0 bridgehead atoms. The number of benzene rings is 3. The standard InChI is InChI=1S/C22H18ClN3S/c23-18-13-11-17(12-14-18)21-15-20(16-7-3-1-4-8-16)25-26(21)22(27)24-19-9-5-2-6-10-19/h1-15,21,25H,(H,24,27)/t21-/m1/s1. The van der Waals surface area contributed by atoms with Crippen molar-refractivity contribution >= 4 is 40.3 Å². The molecule has 5 heteroatoms. The summed E-state index contributed by atoms with van der Waals surface area (Å²) < 4.78 is 0. The van der Waals surface area contributed by atoms with Crippen LogP contribution in [0.4, 0.5) is 5.69 Å². The molecule has 0 spiro atoms. The summed E-state index contributed by atoms with van der Waals surface area (Å²) >= 11 is 11.8. The summed E-state index contributed by atoms with van der Waals surface area (Å²) in [5.74, 6) is 0. The Morgan fingerprint density at radius 1 is 0.889 bits per heavy atom. The van der Waals surface area contributed by atoms with Crippen molar-refractivity contribution in [1.82, 2.24) is 10.4 Å². The molecule has 0 radical (unpaired) electrons. The molecule has 1 aliphatic rings. The van der Waals surface area contributed by atoms with E-state index in [-0.39, 0.29) is 6.04 Å². The van der Waals surface area contributed by atoms with Crippen molar-refractivity contribution in [3.63, 3.8) is 0 Å². The third-order valence-electron chi connectivity index (χ3n) is 4.38. The van der Waals surface area contributed by atoms with E-state index in [1.54, 1.807) is 0 Å². The zero-order valence-electron chi connectivity index (χ0n) is 14.5. The van der Waals surface area contributed by atoms with Gasteiger partial charge < -0.3 is 5.32 Å². The van der Waals surface area contributed by atoms with E-state index in [0.29, 0.717) is 10.1 Å². The van der Waals surface area contributed by atoms with Gasteiger partial charge in [0.1, 0.15) is 0 Å². The quantitative estimate of drug-likeness (QED) is 0.565. The maximum Gasteiger partial charge on any atom is 0.193 e. The molecule has 0 amide bonds. The molecule has 0 aliphatic carbocycles. The van der Waals surface area contributed by atoms with Crippen LogP contribution < -0.4 is 10.7 Å². The number of anilines is 1. The Morgan fingerprint density at radius 2 is 1.52 bits per heavy atom. The Balaban J connectivity index is 1.64. The van der Waals surface area contributed by atoms with Crippen molar-refractivity contribution in [3.8, 4) is 0 Å². The molecule has 0 unspecified atom stereocenters. The highest BCUT2D eigenvalue weighted by atomic mass is 35.5. The molecule has 0 aromatic heterocycles. The largest absolute Gasteiger partial charge is 0.331 e. The average molecular weight is 392 g/mol. The van der Waals surface area contributed by atoms with Crippen LogP contribution in [0.1, 0.15) is 17.2 Å². The van der Waals surface area contributed by atoms with Crippen LogP contribution >= 0.6 is 23.8 Å². The number of rotatable bonds is 3. The minimum absolute atomic E-state index is 0.0406. The molecule has 1 heterocycles. The van der Waals surface area contributed by atoms with Crippen LogP contribution in [0.25, 0.3) is 5.70 Å². The van der Waals surface area contributed by atoms with E-state index in [0.717, 1.165) is 22.5 Å². The van der Waals surface area contributed by atoms with E-state index >= 15 is 0 Å². The number of halogens is 1. The normalized spacial score (nSPS) is 15.8. The highest BCUT2D eigenvalue weighted by Crippen LogP contribution is 2.32. The van der Waals surface area contributed by atoms with Gasteiger partial charge in [-0.2, -0.15) is 0 Å². The molecule has 3 aromatic rings. The minimum Gasteiger partial charge on any atom is -0.331 e. The topological polar surface area (TPSA) is 27.3 Å². The number of para-hydroxylation sites is 1. The van der Waals surface area contributed by atoms with E-state index in [1.165, 1.54) is 0 Å². The molecule has 3 aromatic carbocycles.